The zero-order valence-electron chi connectivity index (χ0n) is 9.62. The third kappa shape index (κ3) is 3.86. The van der Waals surface area contributed by atoms with Crippen LogP contribution >= 0.6 is 0 Å². The van der Waals surface area contributed by atoms with E-state index in [0.717, 1.165) is 18.5 Å². The lowest BCUT2D eigenvalue weighted by atomic mass is 10.0. The van der Waals surface area contributed by atoms with E-state index in [1.165, 1.54) is 5.56 Å². The average molecular weight is 192 g/mol. The summed E-state index contributed by atoms with van der Waals surface area (Å²) in [5.41, 5.74) is 2.43. The maximum absolute atomic E-state index is 4.14. The first-order chi connectivity index (χ1) is 6.58. The molecule has 0 aliphatic carbocycles. The van der Waals surface area contributed by atoms with Gasteiger partial charge in [-0.05, 0) is 36.3 Å². The Bertz CT molecular complexity index is 254. The van der Waals surface area contributed by atoms with Crippen molar-refractivity contribution in [3.8, 4) is 0 Å². The minimum atomic E-state index is 0.651. The van der Waals surface area contributed by atoms with E-state index in [0.29, 0.717) is 11.8 Å². The van der Waals surface area contributed by atoms with Crippen LogP contribution in [0.2, 0.25) is 0 Å². The Morgan fingerprint density at radius 1 is 1.07 bits per heavy atom. The number of rotatable bonds is 4. The molecule has 14 heavy (non-hydrogen) atoms. The van der Waals surface area contributed by atoms with E-state index in [4.69, 9.17) is 0 Å². The van der Waals surface area contributed by atoms with Crippen LogP contribution < -0.4 is 0 Å². The molecule has 0 N–H and O–H groups in total. The van der Waals surface area contributed by atoms with Crippen LogP contribution in [0.4, 0.5) is 0 Å². The van der Waals surface area contributed by atoms with Crippen molar-refractivity contribution < 1.29 is 0 Å². The molecule has 0 bridgehead atoms. The van der Waals surface area contributed by atoms with Crippen LogP contribution in [0.5, 0.6) is 0 Å². The molecule has 1 heterocycles. The lowest BCUT2D eigenvalue weighted by molar-refractivity contribution is 0.617. The minimum absolute atomic E-state index is 0.651. The average Bonchev–Trinajstić information content (AvgIpc) is 2.01. The minimum Gasteiger partial charge on any atom is -0.159 e. The van der Waals surface area contributed by atoms with E-state index in [9.17, 15) is 0 Å². The highest BCUT2D eigenvalue weighted by Crippen LogP contribution is 2.10. The van der Waals surface area contributed by atoms with Gasteiger partial charge in [0.2, 0.25) is 0 Å². The van der Waals surface area contributed by atoms with E-state index in [1.807, 2.05) is 6.20 Å². The summed E-state index contributed by atoms with van der Waals surface area (Å²) < 4.78 is 0. The molecule has 0 aromatic carbocycles. The van der Waals surface area contributed by atoms with Crippen LogP contribution in [0, 0.1) is 11.8 Å². The molecule has 78 valence electrons. The normalized spacial score (nSPS) is 11.3. The van der Waals surface area contributed by atoms with Crippen LogP contribution in [0.1, 0.15) is 39.0 Å². The highest BCUT2D eigenvalue weighted by Gasteiger charge is 2.03. The molecule has 0 atom stereocenters. The van der Waals surface area contributed by atoms with E-state index < -0.39 is 0 Å². The van der Waals surface area contributed by atoms with Crippen molar-refractivity contribution >= 4 is 0 Å². The summed E-state index contributed by atoms with van der Waals surface area (Å²) in [5, 5.41) is 8.18. The molecule has 1 rings (SSSR count). The molecule has 1 aromatic heterocycles. The fourth-order valence-corrected chi connectivity index (χ4v) is 1.56. The zero-order chi connectivity index (χ0) is 10.6. The van der Waals surface area contributed by atoms with Gasteiger partial charge in [0.25, 0.3) is 0 Å². The predicted molar refractivity (Wildman–Crippen MR) is 59.1 cm³/mol. The topological polar surface area (TPSA) is 25.8 Å². The van der Waals surface area contributed by atoms with Crippen molar-refractivity contribution in [3.05, 3.63) is 23.5 Å². The second-order valence-electron chi connectivity index (χ2n) is 4.75. The molecule has 0 radical (unpaired) electrons. The molecule has 1 aromatic rings. The number of hydrogen-bond donors (Lipinski definition) is 0. The van der Waals surface area contributed by atoms with Gasteiger partial charge in [0.15, 0.2) is 0 Å². The first-order valence-corrected chi connectivity index (χ1v) is 5.38. The summed E-state index contributed by atoms with van der Waals surface area (Å²) in [6.45, 7) is 8.86. The first kappa shape index (κ1) is 11.2. The highest BCUT2D eigenvalue weighted by atomic mass is 15.1. The molecule has 2 heteroatoms. The molecule has 0 spiro atoms. The van der Waals surface area contributed by atoms with Crippen molar-refractivity contribution in [3.63, 3.8) is 0 Å². The van der Waals surface area contributed by atoms with Crippen LogP contribution in [0.25, 0.3) is 0 Å². The van der Waals surface area contributed by atoms with E-state index in [2.05, 4.69) is 44.0 Å². The Kier molecular flexibility index (Phi) is 4.05. The molecule has 0 fully saturated rings. The molecule has 0 unspecified atom stereocenters. The van der Waals surface area contributed by atoms with Crippen LogP contribution in [-0.4, -0.2) is 10.2 Å². The Labute approximate surface area is 86.8 Å². The molecule has 0 amide bonds. The van der Waals surface area contributed by atoms with Crippen molar-refractivity contribution in [1.82, 2.24) is 10.2 Å². The van der Waals surface area contributed by atoms with Gasteiger partial charge in [0.1, 0.15) is 0 Å². The van der Waals surface area contributed by atoms with Gasteiger partial charge < -0.3 is 0 Å². The lowest BCUT2D eigenvalue weighted by Crippen LogP contribution is -2.02. The molecule has 0 aliphatic heterocycles. The second kappa shape index (κ2) is 5.08. The van der Waals surface area contributed by atoms with Gasteiger partial charge in [-0.1, -0.05) is 27.7 Å². The van der Waals surface area contributed by atoms with Crippen molar-refractivity contribution in [2.75, 3.05) is 0 Å². The number of nitrogens with zero attached hydrogens (tertiary/aromatic N) is 2. The van der Waals surface area contributed by atoms with E-state index in [-0.39, 0.29) is 0 Å². The summed E-state index contributed by atoms with van der Waals surface area (Å²) in [6.07, 6.45) is 4.00. The van der Waals surface area contributed by atoms with Gasteiger partial charge in [0.05, 0.1) is 11.9 Å². The Morgan fingerprint density at radius 2 is 1.71 bits per heavy atom. The standard InChI is InChI=1S/C12H20N2/c1-9(2)5-11-7-12(6-10(3)4)14-13-8-11/h7-10H,5-6H2,1-4H3. The molecular formula is C12H20N2. The summed E-state index contributed by atoms with van der Waals surface area (Å²) in [7, 11) is 0. The van der Waals surface area contributed by atoms with E-state index >= 15 is 0 Å². The summed E-state index contributed by atoms with van der Waals surface area (Å²) in [6, 6.07) is 2.19. The van der Waals surface area contributed by atoms with Crippen molar-refractivity contribution in [2.45, 2.75) is 40.5 Å². The van der Waals surface area contributed by atoms with Gasteiger partial charge >= 0.3 is 0 Å². The van der Waals surface area contributed by atoms with Gasteiger partial charge in [-0.15, -0.1) is 0 Å². The zero-order valence-corrected chi connectivity index (χ0v) is 9.62. The Hall–Kier alpha value is -0.920. The SMILES string of the molecule is CC(C)Cc1cnnc(CC(C)C)c1. The van der Waals surface area contributed by atoms with Crippen LogP contribution in [-0.2, 0) is 12.8 Å². The lowest BCUT2D eigenvalue weighted by Gasteiger charge is -2.07. The predicted octanol–water partition coefficient (Wildman–Crippen LogP) is 2.87. The fraction of sp³-hybridized carbons (Fsp3) is 0.667. The highest BCUT2D eigenvalue weighted by molar-refractivity contribution is 5.13. The summed E-state index contributed by atoms with van der Waals surface area (Å²) in [5.74, 6) is 1.34. The molecule has 0 aliphatic rings. The monoisotopic (exact) mass is 192 g/mol. The molecule has 0 saturated heterocycles. The quantitative estimate of drug-likeness (QED) is 0.733. The second-order valence-corrected chi connectivity index (χ2v) is 4.75. The number of hydrogen-bond acceptors (Lipinski definition) is 2. The third-order valence-electron chi connectivity index (χ3n) is 2.02. The fourth-order valence-electron chi connectivity index (χ4n) is 1.56. The van der Waals surface area contributed by atoms with Gasteiger partial charge in [-0.2, -0.15) is 10.2 Å². The van der Waals surface area contributed by atoms with Crippen LogP contribution in [0.3, 0.4) is 0 Å². The maximum Gasteiger partial charge on any atom is 0.0636 e. The Morgan fingerprint density at radius 3 is 2.29 bits per heavy atom. The summed E-state index contributed by atoms with van der Waals surface area (Å²) >= 11 is 0. The van der Waals surface area contributed by atoms with Gasteiger partial charge in [-0.3, -0.25) is 0 Å². The Balaban J connectivity index is 2.68. The smallest absolute Gasteiger partial charge is 0.0636 e. The van der Waals surface area contributed by atoms with Gasteiger partial charge in [-0.25, -0.2) is 0 Å². The van der Waals surface area contributed by atoms with E-state index in [1.54, 1.807) is 0 Å². The molecule has 2 nitrogen and oxygen atoms in total. The van der Waals surface area contributed by atoms with Crippen LogP contribution in [0.15, 0.2) is 12.3 Å². The van der Waals surface area contributed by atoms with Crippen molar-refractivity contribution in [2.24, 2.45) is 11.8 Å². The molecular weight excluding hydrogens is 172 g/mol. The van der Waals surface area contributed by atoms with Gasteiger partial charge in [0, 0.05) is 0 Å². The molecule has 0 saturated carbocycles. The van der Waals surface area contributed by atoms with Crippen molar-refractivity contribution in [1.29, 1.82) is 0 Å². The number of aromatic nitrogens is 2. The third-order valence-corrected chi connectivity index (χ3v) is 2.02. The first-order valence-electron chi connectivity index (χ1n) is 5.38. The maximum atomic E-state index is 4.14. The summed E-state index contributed by atoms with van der Waals surface area (Å²) in [4.78, 5) is 0. The largest absolute Gasteiger partial charge is 0.159 e.